The van der Waals surface area contributed by atoms with Crippen molar-refractivity contribution in [3.8, 4) is 0 Å². The highest BCUT2D eigenvalue weighted by Crippen LogP contribution is 2.50. The highest BCUT2D eigenvalue weighted by Gasteiger charge is 2.63. The Balaban J connectivity index is 1.59. The second-order valence-corrected chi connectivity index (χ2v) is 7.69. The lowest BCUT2D eigenvalue weighted by molar-refractivity contribution is -0.168. The summed E-state index contributed by atoms with van der Waals surface area (Å²) in [6.07, 6.45) is 3.00. The third-order valence-electron chi connectivity index (χ3n) is 6.24. The Morgan fingerprint density at radius 1 is 1.36 bits per heavy atom. The number of aliphatic hydroxyl groups is 1. The maximum absolute atomic E-state index is 12.4. The number of nitrogens with zero attached hydrogens (tertiary/aromatic N) is 2. The van der Waals surface area contributed by atoms with Gasteiger partial charge in [-0.2, -0.15) is 0 Å². The van der Waals surface area contributed by atoms with E-state index in [4.69, 9.17) is 4.74 Å². The van der Waals surface area contributed by atoms with Crippen LogP contribution in [-0.4, -0.2) is 76.4 Å². The average Bonchev–Trinajstić information content (AvgIpc) is 3.17. The van der Waals surface area contributed by atoms with Gasteiger partial charge in [0.25, 0.3) is 0 Å². The minimum Gasteiger partial charge on any atom is -0.477 e. The lowest BCUT2D eigenvalue weighted by Gasteiger charge is -2.47. The first kappa shape index (κ1) is 17.0. The van der Waals surface area contributed by atoms with Crippen LogP contribution in [0.4, 0.5) is 0 Å². The van der Waals surface area contributed by atoms with Crippen LogP contribution >= 0.6 is 0 Å². The average molecular weight is 350 g/mol. The molecule has 0 aromatic rings. The minimum atomic E-state index is -1.06. The van der Waals surface area contributed by atoms with E-state index in [2.05, 4.69) is 4.90 Å². The van der Waals surface area contributed by atoms with Crippen LogP contribution in [0.15, 0.2) is 11.3 Å². The molecule has 7 nitrogen and oxygen atoms in total. The number of ether oxygens (including phenoxy) is 1. The number of carboxylic acids is 1. The first-order chi connectivity index (χ1) is 12.0. The SMILES string of the molecule is C[C@@H](O)[C@H]1C(=O)N2C(C(=O)O)=C3[C@@H](CCN4CCCC4)CCO[C@@H]3[C@H]12. The Kier molecular flexibility index (Phi) is 4.33. The summed E-state index contributed by atoms with van der Waals surface area (Å²) in [5.74, 6) is -1.77. The first-order valence-electron chi connectivity index (χ1n) is 9.33. The Morgan fingerprint density at radius 3 is 2.72 bits per heavy atom. The zero-order chi connectivity index (χ0) is 17.7. The molecule has 0 aromatic carbocycles. The zero-order valence-corrected chi connectivity index (χ0v) is 14.6. The molecule has 3 saturated heterocycles. The summed E-state index contributed by atoms with van der Waals surface area (Å²) in [5.41, 5.74) is 0.891. The van der Waals surface area contributed by atoms with E-state index in [0.29, 0.717) is 6.61 Å². The Bertz CT molecular complexity index is 611. The Hall–Kier alpha value is -1.44. The van der Waals surface area contributed by atoms with Crippen molar-refractivity contribution in [2.45, 2.75) is 50.9 Å². The topological polar surface area (TPSA) is 90.3 Å². The number of β-lactam (4-membered cyclic amide) rings is 1. The number of carbonyl (C=O) groups is 2. The molecule has 0 aliphatic carbocycles. The van der Waals surface area contributed by atoms with Gasteiger partial charge < -0.3 is 19.8 Å². The molecular weight excluding hydrogens is 324 g/mol. The lowest BCUT2D eigenvalue weighted by Crippen LogP contribution is -2.65. The van der Waals surface area contributed by atoms with Gasteiger partial charge in [-0.15, -0.1) is 0 Å². The van der Waals surface area contributed by atoms with Crippen LogP contribution in [0.3, 0.4) is 0 Å². The molecule has 7 heteroatoms. The molecule has 5 atom stereocenters. The summed E-state index contributed by atoms with van der Waals surface area (Å²) < 4.78 is 5.91. The molecular formula is C18H26N2O5. The molecule has 4 heterocycles. The molecule has 3 fully saturated rings. The van der Waals surface area contributed by atoms with Crippen LogP contribution < -0.4 is 0 Å². The van der Waals surface area contributed by atoms with Crippen molar-refractivity contribution >= 4 is 11.9 Å². The molecule has 2 N–H and O–H groups in total. The van der Waals surface area contributed by atoms with E-state index in [-0.39, 0.29) is 29.7 Å². The van der Waals surface area contributed by atoms with Crippen molar-refractivity contribution in [2.24, 2.45) is 11.8 Å². The molecule has 0 radical (unpaired) electrons. The summed E-state index contributed by atoms with van der Waals surface area (Å²) in [6, 6.07) is -0.358. The number of aliphatic hydroxyl groups excluding tert-OH is 1. The molecule has 1 amide bonds. The minimum absolute atomic E-state index is 0.114. The molecule has 0 saturated carbocycles. The van der Waals surface area contributed by atoms with Gasteiger partial charge in [-0.25, -0.2) is 4.79 Å². The van der Waals surface area contributed by atoms with Gasteiger partial charge in [0.2, 0.25) is 5.91 Å². The van der Waals surface area contributed by atoms with Gasteiger partial charge in [0.1, 0.15) is 11.8 Å². The summed E-state index contributed by atoms with van der Waals surface area (Å²) in [4.78, 5) is 28.1. The smallest absolute Gasteiger partial charge is 0.352 e. The number of hydrogen-bond acceptors (Lipinski definition) is 5. The van der Waals surface area contributed by atoms with Gasteiger partial charge in [0.15, 0.2) is 0 Å². The van der Waals surface area contributed by atoms with E-state index in [1.807, 2.05) is 0 Å². The molecule has 0 spiro atoms. The molecule has 4 aliphatic heterocycles. The highest BCUT2D eigenvalue weighted by atomic mass is 16.5. The van der Waals surface area contributed by atoms with E-state index < -0.39 is 18.0 Å². The van der Waals surface area contributed by atoms with E-state index in [0.717, 1.165) is 38.0 Å². The molecule has 138 valence electrons. The third kappa shape index (κ3) is 2.60. The standard InChI is InChI=1S/C18H26N2O5/c1-10(21)12-14-16-13(15(18(23)24)20(14)17(12)22)11(5-9-25-16)4-8-19-6-2-3-7-19/h10-12,14,16,21H,2-9H2,1H3,(H,23,24)/t10-,11+,12-,14+,16+/m1/s1. The predicted octanol–water partition coefficient (Wildman–Crippen LogP) is 0.438. The van der Waals surface area contributed by atoms with Gasteiger partial charge in [-0.3, -0.25) is 9.69 Å². The molecule has 0 unspecified atom stereocenters. The van der Waals surface area contributed by atoms with E-state index in [9.17, 15) is 19.8 Å². The van der Waals surface area contributed by atoms with Crippen LogP contribution in [0.2, 0.25) is 0 Å². The predicted molar refractivity (Wildman–Crippen MR) is 88.6 cm³/mol. The summed E-state index contributed by atoms with van der Waals surface area (Å²) >= 11 is 0. The number of fused-ring (bicyclic) bond motifs is 3. The van der Waals surface area contributed by atoms with Crippen molar-refractivity contribution in [1.82, 2.24) is 9.80 Å². The molecule has 4 aliphatic rings. The number of hydrogen-bond donors (Lipinski definition) is 2. The van der Waals surface area contributed by atoms with Gasteiger partial charge in [0.05, 0.1) is 18.1 Å². The van der Waals surface area contributed by atoms with Crippen LogP contribution in [0.5, 0.6) is 0 Å². The van der Waals surface area contributed by atoms with Gasteiger partial charge in [0, 0.05) is 6.61 Å². The third-order valence-corrected chi connectivity index (χ3v) is 6.24. The first-order valence-corrected chi connectivity index (χ1v) is 9.33. The fraction of sp³-hybridized carbons (Fsp3) is 0.778. The summed E-state index contributed by atoms with van der Waals surface area (Å²) in [7, 11) is 0. The van der Waals surface area contributed by atoms with Crippen LogP contribution in [0.25, 0.3) is 0 Å². The molecule has 4 rings (SSSR count). The second kappa shape index (κ2) is 6.37. The quantitative estimate of drug-likeness (QED) is 0.699. The van der Waals surface area contributed by atoms with Crippen molar-refractivity contribution in [2.75, 3.05) is 26.2 Å². The number of carbonyl (C=O) groups excluding carboxylic acids is 1. The number of aliphatic carboxylic acids is 1. The Morgan fingerprint density at radius 2 is 2.08 bits per heavy atom. The maximum atomic E-state index is 12.4. The van der Waals surface area contributed by atoms with E-state index in [1.54, 1.807) is 6.92 Å². The normalized spacial score (nSPS) is 36.2. The number of rotatable bonds is 5. The largest absolute Gasteiger partial charge is 0.477 e. The van der Waals surface area contributed by atoms with Crippen molar-refractivity contribution in [1.29, 1.82) is 0 Å². The van der Waals surface area contributed by atoms with Gasteiger partial charge >= 0.3 is 5.97 Å². The van der Waals surface area contributed by atoms with Crippen molar-refractivity contribution in [3.05, 3.63) is 11.3 Å². The second-order valence-electron chi connectivity index (χ2n) is 7.69. The van der Waals surface area contributed by atoms with Gasteiger partial charge in [-0.1, -0.05) is 0 Å². The molecule has 0 aromatic heterocycles. The van der Waals surface area contributed by atoms with Crippen LogP contribution in [-0.2, 0) is 14.3 Å². The number of likely N-dealkylation sites (tertiary alicyclic amines) is 1. The Labute approximate surface area is 147 Å². The van der Waals surface area contributed by atoms with E-state index >= 15 is 0 Å². The molecule has 25 heavy (non-hydrogen) atoms. The molecule has 0 bridgehead atoms. The van der Waals surface area contributed by atoms with Crippen LogP contribution in [0.1, 0.15) is 32.6 Å². The maximum Gasteiger partial charge on any atom is 0.352 e. The van der Waals surface area contributed by atoms with Gasteiger partial charge in [-0.05, 0) is 63.7 Å². The zero-order valence-electron chi connectivity index (χ0n) is 14.6. The fourth-order valence-electron chi connectivity index (χ4n) is 5.04. The highest BCUT2D eigenvalue weighted by molar-refractivity contribution is 6.00. The van der Waals surface area contributed by atoms with Crippen molar-refractivity contribution < 1.29 is 24.5 Å². The summed E-state index contributed by atoms with van der Waals surface area (Å²) in [6.45, 7) is 5.37. The lowest BCUT2D eigenvalue weighted by atomic mass is 9.78. The van der Waals surface area contributed by atoms with Crippen LogP contribution in [0, 0.1) is 11.8 Å². The summed E-state index contributed by atoms with van der Waals surface area (Å²) in [5, 5.41) is 19.7. The number of amides is 1. The number of carboxylic acid groups (broad SMARTS) is 1. The monoisotopic (exact) mass is 350 g/mol. The fourth-order valence-corrected chi connectivity index (χ4v) is 5.04. The van der Waals surface area contributed by atoms with Crippen molar-refractivity contribution in [3.63, 3.8) is 0 Å². The van der Waals surface area contributed by atoms with E-state index in [1.165, 1.54) is 17.7 Å².